The molecule has 2 aromatic rings. The Morgan fingerprint density at radius 2 is 1.83 bits per heavy atom. The van der Waals surface area contributed by atoms with Crippen LogP contribution in [-0.4, -0.2) is 31.0 Å². The molecule has 1 amide bonds. The molecule has 0 saturated heterocycles. The number of rotatable bonds is 4. The average Bonchev–Trinajstić information content (AvgIpc) is 3.03. The summed E-state index contributed by atoms with van der Waals surface area (Å²) in [4.78, 5) is 16.8. The molecule has 0 N–H and O–H groups in total. The lowest BCUT2D eigenvalue weighted by Gasteiger charge is -2.30. The van der Waals surface area contributed by atoms with Crippen LogP contribution < -0.4 is 4.74 Å². The van der Waals surface area contributed by atoms with Crippen molar-refractivity contribution in [2.45, 2.75) is 45.1 Å². The van der Waals surface area contributed by atoms with E-state index in [0.29, 0.717) is 6.04 Å². The zero-order chi connectivity index (χ0) is 17.1. The van der Waals surface area contributed by atoms with Crippen LogP contribution >= 0.6 is 11.3 Å². The van der Waals surface area contributed by atoms with Gasteiger partial charge in [0.2, 0.25) is 0 Å². The highest BCUT2D eigenvalue weighted by atomic mass is 32.1. The molecule has 128 valence electrons. The van der Waals surface area contributed by atoms with Crippen molar-refractivity contribution in [3.05, 3.63) is 40.1 Å². The number of carbonyl (C=O) groups excluding carboxylic acids is 1. The number of nitrogens with zero attached hydrogens (tertiary/aromatic N) is 1. The SMILES string of the molecule is COc1ccc(-c2cc(C(=O)N(C)C3CCCCC3)sc2C)cc1. The summed E-state index contributed by atoms with van der Waals surface area (Å²) in [5.41, 5.74) is 2.27. The second-order valence-electron chi connectivity index (χ2n) is 6.52. The zero-order valence-corrected chi connectivity index (χ0v) is 15.5. The molecule has 3 rings (SSSR count). The van der Waals surface area contributed by atoms with E-state index in [0.717, 1.165) is 34.6 Å². The lowest BCUT2D eigenvalue weighted by Crippen LogP contribution is -2.37. The molecule has 1 heterocycles. The molecule has 24 heavy (non-hydrogen) atoms. The standard InChI is InChI=1S/C20H25NO2S/c1-14-18(15-9-11-17(23-3)12-10-15)13-19(24-14)20(22)21(2)16-7-5-4-6-8-16/h9-13,16H,4-8H2,1-3H3. The predicted molar refractivity (Wildman–Crippen MR) is 100 cm³/mol. The quantitative estimate of drug-likeness (QED) is 0.769. The predicted octanol–water partition coefficient (Wildman–Crippen LogP) is 5.14. The van der Waals surface area contributed by atoms with Crippen LogP contribution in [0.5, 0.6) is 5.75 Å². The fraction of sp³-hybridized carbons (Fsp3) is 0.450. The second kappa shape index (κ2) is 7.39. The molecular weight excluding hydrogens is 318 g/mol. The summed E-state index contributed by atoms with van der Waals surface area (Å²) in [5, 5.41) is 0. The Morgan fingerprint density at radius 3 is 2.46 bits per heavy atom. The second-order valence-corrected chi connectivity index (χ2v) is 7.77. The Morgan fingerprint density at radius 1 is 1.17 bits per heavy atom. The third-order valence-corrected chi connectivity index (χ3v) is 6.01. The molecule has 0 spiro atoms. The van der Waals surface area contributed by atoms with E-state index in [-0.39, 0.29) is 5.91 Å². The van der Waals surface area contributed by atoms with Crippen LogP contribution in [0, 0.1) is 6.92 Å². The number of amides is 1. The number of carbonyl (C=O) groups is 1. The molecule has 1 fully saturated rings. The largest absolute Gasteiger partial charge is 0.497 e. The van der Waals surface area contributed by atoms with Gasteiger partial charge in [-0.15, -0.1) is 11.3 Å². The van der Waals surface area contributed by atoms with Crippen molar-refractivity contribution >= 4 is 17.2 Å². The van der Waals surface area contributed by atoms with Gasteiger partial charge in [0, 0.05) is 18.0 Å². The van der Waals surface area contributed by atoms with Crippen molar-refractivity contribution in [1.29, 1.82) is 0 Å². The summed E-state index contributed by atoms with van der Waals surface area (Å²) < 4.78 is 5.22. The van der Waals surface area contributed by atoms with Gasteiger partial charge in [-0.1, -0.05) is 31.4 Å². The van der Waals surface area contributed by atoms with Crippen molar-refractivity contribution in [2.24, 2.45) is 0 Å². The first-order valence-corrected chi connectivity index (χ1v) is 9.44. The van der Waals surface area contributed by atoms with E-state index in [1.807, 2.05) is 42.3 Å². The highest BCUT2D eigenvalue weighted by Crippen LogP contribution is 2.33. The Balaban J connectivity index is 1.80. The van der Waals surface area contributed by atoms with Gasteiger partial charge < -0.3 is 9.64 Å². The Kier molecular flexibility index (Phi) is 5.24. The third kappa shape index (κ3) is 3.48. The maximum Gasteiger partial charge on any atom is 0.263 e. The van der Waals surface area contributed by atoms with E-state index in [1.165, 1.54) is 24.1 Å². The topological polar surface area (TPSA) is 29.5 Å². The Bertz CT molecular complexity index is 699. The maximum absolute atomic E-state index is 12.9. The molecule has 0 radical (unpaired) electrons. The molecule has 1 aliphatic rings. The first-order chi connectivity index (χ1) is 11.6. The van der Waals surface area contributed by atoms with Crippen LogP contribution in [0.3, 0.4) is 0 Å². The van der Waals surface area contributed by atoms with Crippen LogP contribution in [0.25, 0.3) is 11.1 Å². The normalized spacial score (nSPS) is 15.3. The highest BCUT2D eigenvalue weighted by Gasteiger charge is 2.24. The van der Waals surface area contributed by atoms with Gasteiger partial charge in [-0.2, -0.15) is 0 Å². The Hall–Kier alpha value is -1.81. The number of methoxy groups -OCH3 is 1. The van der Waals surface area contributed by atoms with Crippen LogP contribution in [0.1, 0.15) is 46.7 Å². The molecule has 3 nitrogen and oxygen atoms in total. The fourth-order valence-electron chi connectivity index (χ4n) is 3.45. The van der Waals surface area contributed by atoms with E-state index in [9.17, 15) is 4.79 Å². The van der Waals surface area contributed by atoms with Gasteiger partial charge in [-0.3, -0.25) is 4.79 Å². The van der Waals surface area contributed by atoms with Gasteiger partial charge in [0.1, 0.15) is 5.75 Å². The van der Waals surface area contributed by atoms with Crippen LogP contribution in [0.4, 0.5) is 0 Å². The molecule has 1 aliphatic carbocycles. The molecule has 0 unspecified atom stereocenters. The van der Waals surface area contributed by atoms with Crippen molar-refractivity contribution in [1.82, 2.24) is 4.90 Å². The monoisotopic (exact) mass is 343 g/mol. The van der Waals surface area contributed by atoms with E-state index in [2.05, 4.69) is 6.92 Å². The molecule has 0 atom stereocenters. The lowest BCUT2D eigenvalue weighted by atomic mass is 9.94. The molecule has 0 bridgehead atoms. The molecule has 1 saturated carbocycles. The summed E-state index contributed by atoms with van der Waals surface area (Å²) in [7, 11) is 3.63. The van der Waals surface area contributed by atoms with Gasteiger partial charge >= 0.3 is 0 Å². The zero-order valence-electron chi connectivity index (χ0n) is 14.7. The van der Waals surface area contributed by atoms with Crippen LogP contribution in [-0.2, 0) is 0 Å². The number of hydrogen-bond donors (Lipinski definition) is 0. The number of thiophene rings is 1. The number of aryl methyl sites for hydroxylation is 1. The van der Waals surface area contributed by atoms with Gasteiger partial charge in [0.05, 0.1) is 12.0 Å². The van der Waals surface area contributed by atoms with Crippen molar-refractivity contribution < 1.29 is 9.53 Å². The van der Waals surface area contributed by atoms with Gasteiger partial charge in [-0.05, 0) is 49.1 Å². The average molecular weight is 343 g/mol. The molecule has 0 aliphatic heterocycles. The summed E-state index contributed by atoms with van der Waals surface area (Å²) >= 11 is 1.60. The van der Waals surface area contributed by atoms with E-state index >= 15 is 0 Å². The van der Waals surface area contributed by atoms with Crippen LogP contribution in [0.15, 0.2) is 30.3 Å². The minimum absolute atomic E-state index is 0.162. The van der Waals surface area contributed by atoms with E-state index in [1.54, 1.807) is 18.4 Å². The minimum Gasteiger partial charge on any atom is -0.497 e. The summed E-state index contributed by atoms with van der Waals surface area (Å²) in [6.07, 6.45) is 6.06. The third-order valence-electron chi connectivity index (χ3n) is 4.97. The van der Waals surface area contributed by atoms with Crippen molar-refractivity contribution in [2.75, 3.05) is 14.2 Å². The summed E-state index contributed by atoms with van der Waals surface area (Å²) in [5.74, 6) is 1.01. The smallest absolute Gasteiger partial charge is 0.263 e. The lowest BCUT2D eigenvalue weighted by molar-refractivity contribution is 0.0701. The molecule has 1 aromatic heterocycles. The van der Waals surface area contributed by atoms with Gasteiger partial charge in [-0.25, -0.2) is 0 Å². The fourth-order valence-corrected chi connectivity index (χ4v) is 4.48. The first kappa shape index (κ1) is 17.0. The van der Waals surface area contributed by atoms with Crippen molar-refractivity contribution in [3.63, 3.8) is 0 Å². The minimum atomic E-state index is 0.162. The van der Waals surface area contributed by atoms with Gasteiger partial charge in [0.25, 0.3) is 5.91 Å². The van der Waals surface area contributed by atoms with Gasteiger partial charge in [0.15, 0.2) is 0 Å². The highest BCUT2D eigenvalue weighted by molar-refractivity contribution is 7.14. The maximum atomic E-state index is 12.9. The summed E-state index contributed by atoms with van der Waals surface area (Å²) in [6.45, 7) is 2.08. The summed E-state index contributed by atoms with van der Waals surface area (Å²) in [6, 6.07) is 10.5. The number of ether oxygens (including phenoxy) is 1. The number of hydrogen-bond acceptors (Lipinski definition) is 3. The molecule has 1 aromatic carbocycles. The van der Waals surface area contributed by atoms with E-state index < -0.39 is 0 Å². The first-order valence-electron chi connectivity index (χ1n) is 8.62. The van der Waals surface area contributed by atoms with E-state index in [4.69, 9.17) is 4.74 Å². The molecule has 4 heteroatoms. The number of benzene rings is 1. The van der Waals surface area contributed by atoms with Crippen molar-refractivity contribution in [3.8, 4) is 16.9 Å². The molecular formula is C20H25NO2S. The Labute approximate surface area is 148 Å². The van der Waals surface area contributed by atoms with Crippen LogP contribution in [0.2, 0.25) is 0 Å².